The normalized spacial score (nSPS) is 25.7. The topological polar surface area (TPSA) is 69.5 Å². The van der Waals surface area contributed by atoms with E-state index in [2.05, 4.69) is 5.10 Å². The third-order valence-corrected chi connectivity index (χ3v) is 7.95. The number of rotatable bonds is 5. The molecule has 0 radical (unpaired) electrons. The lowest BCUT2D eigenvalue weighted by Crippen LogP contribution is -2.43. The van der Waals surface area contributed by atoms with Crippen molar-refractivity contribution in [3.63, 3.8) is 0 Å². The Morgan fingerprint density at radius 2 is 2.23 bits per heavy atom. The molecule has 1 amide bonds. The van der Waals surface area contributed by atoms with Crippen molar-refractivity contribution in [1.29, 1.82) is 0 Å². The molecule has 1 saturated heterocycles. The van der Waals surface area contributed by atoms with Crippen LogP contribution in [-0.4, -0.2) is 53.1 Å². The van der Waals surface area contributed by atoms with Crippen molar-refractivity contribution in [2.45, 2.75) is 63.6 Å². The third kappa shape index (κ3) is 3.69. The highest BCUT2D eigenvalue weighted by molar-refractivity contribution is 7.16. The van der Waals surface area contributed by atoms with Crippen molar-refractivity contribution >= 4 is 22.4 Å². The number of nitrogens with zero attached hydrogens (tertiary/aromatic N) is 4. The molecule has 2 aromatic rings. The van der Waals surface area contributed by atoms with E-state index in [1.165, 1.54) is 10.6 Å². The van der Waals surface area contributed by atoms with Crippen LogP contribution < -0.4 is 4.90 Å². The van der Waals surface area contributed by atoms with E-state index in [4.69, 9.17) is 14.5 Å². The third-order valence-electron chi connectivity index (χ3n) is 6.81. The second kappa shape index (κ2) is 8.40. The average molecular weight is 431 g/mol. The van der Waals surface area contributed by atoms with Crippen LogP contribution in [0.5, 0.6) is 0 Å². The first-order valence-corrected chi connectivity index (χ1v) is 11.9. The second-order valence-corrected chi connectivity index (χ2v) is 9.76. The molecule has 7 nitrogen and oxygen atoms in total. The van der Waals surface area contributed by atoms with E-state index in [9.17, 15) is 4.79 Å². The molecule has 0 N–H and O–H groups in total. The molecule has 162 valence electrons. The first-order valence-electron chi connectivity index (χ1n) is 11.1. The average Bonchev–Trinajstić information content (AvgIpc) is 3.51. The minimum Gasteiger partial charge on any atom is -0.381 e. The number of hydrogen-bond acceptors (Lipinski definition) is 6. The Morgan fingerprint density at radius 1 is 1.33 bits per heavy atom. The van der Waals surface area contributed by atoms with Crippen molar-refractivity contribution in [1.82, 2.24) is 14.8 Å². The Balaban J connectivity index is 1.45. The van der Waals surface area contributed by atoms with Gasteiger partial charge in [0.05, 0.1) is 30.6 Å². The van der Waals surface area contributed by atoms with Crippen molar-refractivity contribution in [2.24, 2.45) is 13.0 Å². The van der Waals surface area contributed by atoms with Gasteiger partial charge >= 0.3 is 0 Å². The number of fused-ring (bicyclic) bond motifs is 3. The number of carbonyl (C=O) groups is 1. The van der Waals surface area contributed by atoms with Crippen LogP contribution in [0.1, 0.15) is 49.1 Å². The fourth-order valence-electron chi connectivity index (χ4n) is 5.08. The predicted molar refractivity (Wildman–Crippen MR) is 116 cm³/mol. The van der Waals surface area contributed by atoms with E-state index in [-0.39, 0.29) is 24.0 Å². The van der Waals surface area contributed by atoms with Crippen LogP contribution in [-0.2, 0) is 34.2 Å². The Kier molecular flexibility index (Phi) is 5.64. The van der Waals surface area contributed by atoms with Gasteiger partial charge in [-0.1, -0.05) is 6.42 Å². The van der Waals surface area contributed by atoms with Crippen molar-refractivity contribution in [3.05, 3.63) is 16.8 Å². The maximum atomic E-state index is 13.7. The van der Waals surface area contributed by atoms with Gasteiger partial charge in [-0.25, -0.2) is 4.98 Å². The number of hydrogen-bond donors (Lipinski definition) is 0. The molecule has 3 atom stereocenters. The molecule has 0 spiro atoms. The van der Waals surface area contributed by atoms with Crippen LogP contribution in [0.15, 0.2) is 6.20 Å². The molecule has 1 saturated carbocycles. The maximum Gasteiger partial charge on any atom is 0.232 e. The summed E-state index contributed by atoms with van der Waals surface area (Å²) in [6.07, 6.45) is 10.0. The van der Waals surface area contributed by atoms with Crippen LogP contribution in [0.2, 0.25) is 0 Å². The minimum absolute atomic E-state index is 0.0000148. The summed E-state index contributed by atoms with van der Waals surface area (Å²) in [5.41, 5.74) is 3.35. The molecule has 30 heavy (non-hydrogen) atoms. The zero-order valence-electron chi connectivity index (χ0n) is 17.8. The molecule has 0 aromatic carbocycles. The summed E-state index contributed by atoms with van der Waals surface area (Å²) >= 11 is 1.67. The van der Waals surface area contributed by atoms with Crippen LogP contribution in [0.3, 0.4) is 0 Å². The molecule has 3 unspecified atom stereocenters. The fraction of sp³-hybridized carbons (Fsp3) is 0.682. The number of methoxy groups -OCH3 is 1. The van der Waals surface area contributed by atoms with Gasteiger partial charge in [0.15, 0.2) is 5.13 Å². The van der Waals surface area contributed by atoms with E-state index in [0.717, 1.165) is 74.4 Å². The summed E-state index contributed by atoms with van der Waals surface area (Å²) < 4.78 is 13.4. The van der Waals surface area contributed by atoms with Gasteiger partial charge in [-0.15, -0.1) is 11.3 Å². The highest BCUT2D eigenvalue weighted by Gasteiger charge is 2.35. The summed E-state index contributed by atoms with van der Waals surface area (Å²) in [6, 6.07) is 0. The van der Waals surface area contributed by atoms with Gasteiger partial charge in [0, 0.05) is 42.8 Å². The maximum absolute atomic E-state index is 13.7. The number of thiazole rings is 1. The smallest absolute Gasteiger partial charge is 0.232 e. The molecule has 1 aliphatic heterocycles. The van der Waals surface area contributed by atoms with Gasteiger partial charge in [-0.2, -0.15) is 5.10 Å². The molecule has 2 fully saturated rings. The zero-order chi connectivity index (χ0) is 20.7. The number of ether oxygens (including phenoxy) is 2. The van der Waals surface area contributed by atoms with Gasteiger partial charge in [0.2, 0.25) is 5.91 Å². The summed E-state index contributed by atoms with van der Waals surface area (Å²) in [5.74, 6) is 0.185. The number of anilines is 1. The Morgan fingerprint density at radius 3 is 3.03 bits per heavy atom. The first-order chi connectivity index (χ1) is 14.6. The highest BCUT2D eigenvalue weighted by atomic mass is 32.1. The van der Waals surface area contributed by atoms with Gasteiger partial charge in [-0.3, -0.25) is 14.4 Å². The van der Waals surface area contributed by atoms with Crippen LogP contribution in [0, 0.1) is 5.92 Å². The van der Waals surface area contributed by atoms with Crippen LogP contribution >= 0.6 is 11.3 Å². The van der Waals surface area contributed by atoms with Gasteiger partial charge in [0.1, 0.15) is 0 Å². The number of carbonyl (C=O) groups excluding carboxylic acids is 1. The minimum atomic E-state index is -0.0000148. The lowest BCUT2D eigenvalue weighted by atomic mass is 9.86. The molecule has 2 aliphatic carbocycles. The molecular formula is C22H30N4O3S. The molecule has 3 aliphatic rings. The lowest BCUT2D eigenvalue weighted by Gasteiger charge is -2.32. The number of aromatic nitrogens is 3. The van der Waals surface area contributed by atoms with E-state index in [1.807, 2.05) is 22.8 Å². The number of amides is 1. The van der Waals surface area contributed by atoms with Gasteiger partial charge in [-0.05, 0) is 44.9 Å². The molecule has 8 heteroatoms. The van der Waals surface area contributed by atoms with Crippen molar-refractivity contribution in [2.75, 3.05) is 25.2 Å². The monoisotopic (exact) mass is 430 g/mol. The summed E-state index contributed by atoms with van der Waals surface area (Å²) in [6.45, 7) is 1.38. The largest absolute Gasteiger partial charge is 0.381 e. The quantitative estimate of drug-likeness (QED) is 0.728. The van der Waals surface area contributed by atoms with E-state index in [1.54, 1.807) is 18.4 Å². The molecule has 5 rings (SSSR count). The van der Waals surface area contributed by atoms with Gasteiger partial charge < -0.3 is 9.47 Å². The van der Waals surface area contributed by atoms with Gasteiger partial charge in [0.25, 0.3) is 0 Å². The van der Waals surface area contributed by atoms with Crippen molar-refractivity contribution in [3.8, 4) is 11.3 Å². The van der Waals surface area contributed by atoms with E-state index >= 15 is 0 Å². The Bertz CT molecular complexity index is 918. The zero-order valence-corrected chi connectivity index (χ0v) is 18.6. The number of aryl methyl sites for hydroxylation is 2. The standard InChI is InChI=1S/C22H30N4O3S/c1-25-18-8-9-19-20(17(18)12-23-25)24-22(30-19)26(13-16-7-4-10-29-16)21(27)14-5-3-6-15(11-14)28-2/h12,14-16H,3-11,13H2,1-2H3. The van der Waals surface area contributed by atoms with E-state index in [0.29, 0.717) is 6.54 Å². The lowest BCUT2D eigenvalue weighted by molar-refractivity contribution is -0.125. The molecule has 2 aromatic heterocycles. The summed E-state index contributed by atoms with van der Waals surface area (Å²) in [7, 11) is 3.74. The molecule has 3 heterocycles. The van der Waals surface area contributed by atoms with Crippen LogP contribution in [0.25, 0.3) is 11.3 Å². The second-order valence-electron chi connectivity index (χ2n) is 8.70. The Labute approximate surface area is 181 Å². The van der Waals surface area contributed by atoms with Crippen molar-refractivity contribution < 1.29 is 14.3 Å². The molecular weight excluding hydrogens is 400 g/mol. The highest BCUT2D eigenvalue weighted by Crippen LogP contribution is 2.40. The molecule has 0 bridgehead atoms. The SMILES string of the molecule is COC1CCCC(C(=O)N(CC2CCCO2)c2nc3c(s2)CCc2c-3cnn2C)C1. The predicted octanol–water partition coefficient (Wildman–Crippen LogP) is 3.36. The summed E-state index contributed by atoms with van der Waals surface area (Å²) in [5, 5.41) is 5.24. The summed E-state index contributed by atoms with van der Waals surface area (Å²) in [4.78, 5) is 21.8. The van der Waals surface area contributed by atoms with E-state index < -0.39 is 0 Å². The first kappa shape index (κ1) is 20.2. The Hall–Kier alpha value is -1.77. The van der Waals surface area contributed by atoms with Crippen LogP contribution in [0.4, 0.5) is 5.13 Å². The fourth-order valence-corrected chi connectivity index (χ4v) is 6.17.